The summed E-state index contributed by atoms with van der Waals surface area (Å²) in [5.41, 5.74) is 0.511. The van der Waals surface area contributed by atoms with Crippen LogP contribution in [0.15, 0.2) is 29.8 Å². The lowest BCUT2D eigenvalue weighted by Gasteiger charge is -2.00. The summed E-state index contributed by atoms with van der Waals surface area (Å²) in [6.45, 7) is -0.375. The van der Waals surface area contributed by atoms with Crippen LogP contribution in [-0.2, 0) is 9.53 Å². The Labute approximate surface area is 104 Å². The average molecular weight is 242 g/mol. The van der Waals surface area contributed by atoms with E-state index >= 15 is 0 Å². The second kappa shape index (κ2) is 6.72. The molecule has 5 nitrogen and oxygen atoms in total. The number of ether oxygens (including phenoxy) is 2. The van der Waals surface area contributed by atoms with Gasteiger partial charge in [-0.15, -0.1) is 0 Å². The number of rotatable bonds is 4. The maximum Gasteiger partial charge on any atom is 0.349 e. The van der Waals surface area contributed by atoms with Gasteiger partial charge in [-0.3, -0.25) is 0 Å². The number of carbonyl (C=O) groups is 1. The normalized spacial score (nSPS) is 10.1. The Morgan fingerprint density at radius 3 is 2.50 bits per heavy atom. The van der Waals surface area contributed by atoms with Gasteiger partial charge in [-0.2, -0.15) is 10.5 Å². The van der Waals surface area contributed by atoms with Gasteiger partial charge in [0.05, 0.1) is 7.11 Å². The molecule has 0 heterocycles. The molecule has 1 aromatic rings. The monoisotopic (exact) mass is 242 g/mol. The summed E-state index contributed by atoms with van der Waals surface area (Å²) in [5.74, 6) is -0.132. The number of nitrogens with zero attached hydrogens (tertiary/aromatic N) is 2. The fourth-order valence-corrected chi connectivity index (χ4v) is 1.18. The number of benzene rings is 1. The number of hydrogen-bond donors (Lipinski definition) is 0. The molecule has 0 saturated heterocycles. The summed E-state index contributed by atoms with van der Waals surface area (Å²) < 4.78 is 9.53. The first-order valence-electron chi connectivity index (χ1n) is 5.01. The predicted octanol–water partition coefficient (Wildman–Crippen LogP) is 1.67. The van der Waals surface area contributed by atoms with Gasteiger partial charge in [0, 0.05) is 0 Å². The molecule has 0 spiro atoms. The van der Waals surface area contributed by atoms with Crippen LogP contribution in [0.3, 0.4) is 0 Å². The van der Waals surface area contributed by atoms with Crippen LogP contribution in [0.1, 0.15) is 5.56 Å². The van der Waals surface area contributed by atoms with Crippen molar-refractivity contribution >= 4 is 12.0 Å². The lowest BCUT2D eigenvalue weighted by molar-refractivity contribution is -0.137. The third-order valence-corrected chi connectivity index (χ3v) is 2.03. The standard InChI is InChI=1S/C13H10N2O3/c1-17-12-4-2-10(3-5-12)8-11(9-15)13(16)18-7-6-14/h2-5,8H,7H2,1H3/b11-8+. The minimum atomic E-state index is -0.810. The van der Waals surface area contributed by atoms with E-state index < -0.39 is 5.97 Å². The molecule has 0 unspecified atom stereocenters. The number of nitriles is 2. The summed E-state index contributed by atoms with van der Waals surface area (Å²) >= 11 is 0. The minimum absolute atomic E-state index is 0.157. The van der Waals surface area contributed by atoms with Gasteiger partial charge >= 0.3 is 5.97 Å². The van der Waals surface area contributed by atoms with E-state index in [-0.39, 0.29) is 12.2 Å². The van der Waals surface area contributed by atoms with Crippen molar-refractivity contribution in [1.29, 1.82) is 10.5 Å². The molecule has 0 aliphatic rings. The van der Waals surface area contributed by atoms with E-state index in [0.29, 0.717) is 11.3 Å². The largest absolute Gasteiger partial charge is 0.497 e. The maximum absolute atomic E-state index is 11.4. The highest BCUT2D eigenvalue weighted by molar-refractivity contribution is 5.97. The van der Waals surface area contributed by atoms with Crippen molar-refractivity contribution in [3.8, 4) is 17.9 Å². The van der Waals surface area contributed by atoms with E-state index in [1.54, 1.807) is 43.5 Å². The van der Waals surface area contributed by atoms with Gasteiger partial charge < -0.3 is 9.47 Å². The number of methoxy groups -OCH3 is 1. The van der Waals surface area contributed by atoms with Gasteiger partial charge in [-0.1, -0.05) is 12.1 Å². The molecule has 5 heteroatoms. The number of esters is 1. The molecular weight excluding hydrogens is 232 g/mol. The molecule has 0 radical (unpaired) electrons. The van der Waals surface area contributed by atoms with Crippen molar-refractivity contribution in [2.24, 2.45) is 0 Å². The van der Waals surface area contributed by atoms with Crippen LogP contribution in [0.5, 0.6) is 5.75 Å². The lowest BCUT2D eigenvalue weighted by Crippen LogP contribution is -2.06. The highest BCUT2D eigenvalue weighted by Gasteiger charge is 2.10. The van der Waals surface area contributed by atoms with Gasteiger partial charge in [0.1, 0.15) is 23.5 Å². The van der Waals surface area contributed by atoms with Crippen LogP contribution in [0.2, 0.25) is 0 Å². The molecule has 0 aliphatic carbocycles. The maximum atomic E-state index is 11.4. The first kappa shape index (κ1) is 13.3. The molecule has 0 aromatic heterocycles. The summed E-state index contributed by atoms with van der Waals surface area (Å²) in [7, 11) is 1.55. The van der Waals surface area contributed by atoms with E-state index in [1.807, 2.05) is 0 Å². The van der Waals surface area contributed by atoms with E-state index in [1.165, 1.54) is 6.08 Å². The zero-order valence-electron chi connectivity index (χ0n) is 9.71. The highest BCUT2D eigenvalue weighted by Crippen LogP contribution is 2.14. The Hall–Kier alpha value is -2.79. The van der Waals surface area contributed by atoms with Crippen molar-refractivity contribution in [3.63, 3.8) is 0 Å². The third-order valence-electron chi connectivity index (χ3n) is 2.03. The summed E-state index contributed by atoms with van der Waals surface area (Å²) in [6, 6.07) is 10.2. The third kappa shape index (κ3) is 3.66. The van der Waals surface area contributed by atoms with Crippen molar-refractivity contribution in [1.82, 2.24) is 0 Å². The Balaban J connectivity index is 2.87. The topological polar surface area (TPSA) is 83.1 Å². The summed E-state index contributed by atoms with van der Waals surface area (Å²) in [5, 5.41) is 17.1. The first-order chi connectivity index (χ1) is 8.71. The molecule has 1 rings (SSSR count). The van der Waals surface area contributed by atoms with Gasteiger partial charge in [0.25, 0.3) is 0 Å². The molecular formula is C13H10N2O3. The van der Waals surface area contributed by atoms with Crippen LogP contribution in [-0.4, -0.2) is 19.7 Å². The fourth-order valence-electron chi connectivity index (χ4n) is 1.18. The molecule has 0 N–H and O–H groups in total. The zero-order chi connectivity index (χ0) is 13.4. The predicted molar refractivity (Wildman–Crippen MR) is 63.2 cm³/mol. The second-order valence-electron chi connectivity index (χ2n) is 3.18. The van der Waals surface area contributed by atoms with E-state index in [2.05, 4.69) is 4.74 Å². The summed E-state index contributed by atoms with van der Waals surface area (Å²) in [6.07, 6.45) is 1.39. The van der Waals surface area contributed by atoms with Crippen LogP contribution < -0.4 is 4.74 Å². The van der Waals surface area contributed by atoms with Crippen LogP contribution in [0, 0.1) is 22.7 Å². The first-order valence-corrected chi connectivity index (χ1v) is 5.01. The van der Waals surface area contributed by atoms with Crippen molar-refractivity contribution in [2.45, 2.75) is 0 Å². The number of hydrogen-bond acceptors (Lipinski definition) is 5. The van der Waals surface area contributed by atoms with Crippen LogP contribution in [0.25, 0.3) is 6.08 Å². The Morgan fingerprint density at radius 2 is 2.00 bits per heavy atom. The molecule has 0 fully saturated rings. The molecule has 90 valence electrons. The van der Waals surface area contributed by atoms with Crippen molar-refractivity contribution < 1.29 is 14.3 Å². The average Bonchev–Trinajstić information content (AvgIpc) is 2.42. The van der Waals surface area contributed by atoms with Gasteiger partial charge in [0.15, 0.2) is 6.61 Å². The van der Waals surface area contributed by atoms with E-state index in [4.69, 9.17) is 15.3 Å². The van der Waals surface area contributed by atoms with Gasteiger partial charge in [-0.25, -0.2) is 4.79 Å². The van der Waals surface area contributed by atoms with Gasteiger partial charge in [0.2, 0.25) is 0 Å². The van der Waals surface area contributed by atoms with Crippen LogP contribution in [0.4, 0.5) is 0 Å². The van der Waals surface area contributed by atoms with E-state index in [0.717, 1.165) is 0 Å². The highest BCUT2D eigenvalue weighted by atomic mass is 16.5. The van der Waals surface area contributed by atoms with Crippen molar-refractivity contribution in [2.75, 3.05) is 13.7 Å². The Morgan fingerprint density at radius 1 is 1.33 bits per heavy atom. The Bertz CT molecular complexity index is 533. The Kier molecular flexibility index (Phi) is 4.96. The molecule has 1 aromatic carbocycles. The molecule has 0 amide bonds. The van der Waals surface area contributed by atoms with Crippen molar-refractivity contribution in [3.05, 3.63) is 35.4 Å². The van der Waals surface area contributed by atoms with Gasteiger partial charge in [-0.05, 0) is 23.8 Å². The SMILES string of the molecule is COc1ccc(/C=C(\C#N)C(=O)OCC#N)cc1. The molecule has 0 bridgehead atoms. The number of carbonyl (C=O) groups excluding carboxylic acids is 1. The molecule has 18 heavy (non-hydrogen) atoms. The molecule has 0 saturated carbocycles. The molecule has 0 aliphatic heterocycles. The lowest BCUT2D eigenvalue weighted by atomic mass is 10.1. The second-order valence-corrected chi connectivity index (χ2v) is 3.18. The van der Waals surface area contributed by atoms with Crippen LogP contribution >= 0.6 is 0 Å². The smallest absolute Gasteiger partial charge is 0.349 e. The summed E-state index contributed by atoms with van der Waals surface area (Å²) in [4.78, 5) is 11.4. The quantitative estimate of drug-likeness (QED) is 0.455. The fraction of sp³-hybridized carbons (Fsp3) is 0.154. The zero-order valence-corrected chi connectivity index (χ0v) is 9.71. The molecule has 0 atom stereocenters. The van der Waals surface area contributed by atoms with E-state index in [9.17, 15) is 4.79 Å². The minimum Gasteiger partial charge on any atom is -0.497 e.